The molecule has 3 nitrogen and oxygen atoms in total. The van der Waals surface area contributed by atoms with E-state index < -0.39 is 0 Å². The Labute approximate surface area is 122 Å². The van der Waals surface area contributed by atoms with Crippen molar-refractivity contribution in [1.82, 2.24) is 4.90 Å². The number of nitrogens with zero attached hydrogens (tertiary/aromatic N) is 1. The van der Waals surface area contributed by atoms with Gasteiger partial charge in [-0.1, -0.05) is 42.1 Å². The second kappa shape index (κ2) is 6.01. The van der Waals surface area contributed by atoms with E-state index >= 15 is 0 Å². The molecule has 2 aromatic carbocycles. The molecule has 0 N–H and O–H groups in total. The average molecular weight is 285 g/mol. The van der Waals surface area contributed by atoms with Gasteiger partial charge in [-0.05, 0) is 29.8 Å². The Morgan fingerprint density at radius 3 is 2.60 bits per heavy atom. The lowest BCUT2D eigenvalue weighted by Crippen LogP contribution is -2.22. The summed E-state index contributed by atoms with van der Waals surface area (Å²) in [4.78, 5) is 13.5. The van der Waals surface area contributed by atoms with Gasteiger partial charge in [0.1, 0.15) is 11.5 Å². The third-order valence-electron chi connectivity index (χ3n) is 3.10. The van der Waals surface area contributed by atoms with Gasteiger partial charge in [0.25, 0.3) is 5.24 Å². The lowest BCUT2D eigenvalue weighted by Gasteiger charge is -2.15. The van der Waals surface area contributed by atoms with Gasteiger partial charge >= 0.3 is 0 Å². The minimum Gasteiger partial charge on any atom is -0.457 e. The maximum absolute atomic E-state index is 11.6. The molecule has 1 aliphatic rings. The lowest BCUT2D eigenvalue weighted by molar-refractivity contribution is 0.227. The lowest BCUT2D eigenvalue weighted by atomic mass is 10.2. The van der Waals surface area contributed by atoms with Gasteiger partial charge in [0.2, 0.25) is 0 Å². The molecule has 0 aliphatic carbocycles. The number of hydrogen-bond donors (Lipinski definition) is 0. The van der Waals surface area contributed by atoms with Gasteiger partial charge in [0.05, 0.1) is 0 Å². The van der Waals surface area contributed by atoms with Crippen molar-refractivity contribution in [2.24, 2.45) is 0 Å². The SMILES string of the molecule is O=C1SCCN1Cc1cccc(Oc2ccccc2)c1. The zero-order valence-electron chi connectivity index (χ0n) is 11.0. The summed E-state index contributed by atoms with van der Waals surface area (Å²) in [7, 11) is 0. The Hall–Kier alpha value is -1.94. The first-order valence-electron chi connectivity index (χ1n) is 6.55. The molecule has 1 saturated heterocycles. The third kappa shape index (κ3) is 3.14. The molecule has 0 spiro atoms. The molecule has 20 heavy (non-hydrogen) atoms. The molecule has 1 heterocycles. The van der Waals surface area contributed by atoms with Crippen LogP contribution in [-0.2, 0) is 6.54 Å². The average Bonchev–Trinajstić information content (AvgIpc) is 2.86. The van der Waals surface area contributed by atoms with Crippen molar-refractivity contribution in [1.29, 1.82) is 0 Å². The van der Waals surface area contributed by atoms with Crippen molar-refractivity contribution >= 4 is 17.0 Å². The maximum Gasteiger partial charge on any atom is 0.282 e. The predicted octanol–water partition coefficient (Wildman–Crippen LogP) is 4.15. The molecule has 0 bridgehead atoms. The van der Waals surface area contributed by atoms with E-state index in [1.165, 1.54) is 11.8 Å². The van der Waals surface area contributed by atoms with Crippen LogP contribution in [0.25, 0.3) is 0 Å². The Morgan fingerprint density at radius 2 is 1.85 bits per heavy atom. The highest BCUT2D eigenvalue weighted by Crippen LogP contribution is 2.24. The highest BCUT2D eigenvalue weighted by atomic mass is 32.2. The normalized spacial score (nSPS) is 14.6. The number of benzene rings is 2. The molecular formula is C16H15NO2S. The van der Waals surface area contributed by atoms with Gasteiger partial charge in [0, 0.05) is 18.8 Å². The van der Waals surface area contributed by atoms with E-state index in [2.05, 4.69) is 0 Å². The number of carbonyl (C=O) groups is 1. The van der Waals surface area contributed by atoms with Crippen LogP contribution in [0.4, 0.5) is 4.79 Å². The van der Waals surface area contributed by atoms with Gasteiger partial charge in [0.15, 0.2) is 0 Å². The molecule has 1 amide bonds. The monoisotopic (exact) mass is 285 g/mol. The summed E-state index contributed by atoms with van der Waals surface area (Å²) in [5.41, 5.74) is 1.09. The summed E-state index contributed by atoms with van der Waals surface area (Å²) >= 11 is 1.39. The van der Waals surface area contributed by atoms with Crippen LogP contribution >= 0.6 is 11.8 Å². The molecule has 0 aromatic heterocycles. The fourth-order valence-electron chi connectivity index (χ4n) is 2.12. The maximum atomic E-state index is 11.6. The fraction of sp³-hybridized carbons (Fsp3) is 0.188. The molecular weight excluding hydrogens is 270 g/mol. The van der Waals surface area contributed by atoms with Gasteiger partial charge in [-0.15, -0.1) is 0 Å². The summed E-state index contributed by atoms with van der Waals surface area (Å²) in [5.74, 6) is 2.50. The van der Waals surface area contributed by atoms with Gasteiger partial charge in [-0.3, -0.25) is 4.79 Å². The van der Waals surface area contributed by atoms with Crippen LogP contribution < -0.4 is 4.74 Å². The highest BCUT2D eigenvalue weighted by Gasteiger charge is 2.20. The van der Waals surface area contributed by atoms with Crippen LogP contribution in [0.1, 0.15) is 5.56 Å². The summed E-state index contributed by atoms with van der Waals surface area (Å²) in [5, 5.41) is 0.166. The van der Waals surface area contributed by atoms with Crippen LogP contribution in [0.2, 0.25) is 0 Å². The quantitative estimate of drug-likeness (QED) is 0.845. The van der Waals surface area contributed by atoms with Crippen LogP contribution in [0.3, 0.4) is 0 Å². The van der Waals surface area contributed by atoms with Crippen molar-refractivity contribution in [3.05, 3.63) is 60.2 Å². The van der Waals surface area contributed by atoms with E-state index in [0.29, 0.717) is 6.54 Å². The summed E-state index contributed by atoms with van der Waals surface area (Å²) < 4.78 is 5.80. The van der Waals surface area contributed by atoms with Crippen LogP contribution in [0.5, 0.6) is 11.5 Å². The zero-order valence-corrected chi connectivity index (χ0v) is 11.8. The summed E-state index contributed by atoms with van der Waals surface area (Å²) in [6, 6.07) is 17.6. The van der Waals surface area contributed by atoms with Gasteiger partial charge in [-0.2, -0.15) is 0 Å². The molecule has 0 atom stereocenters. The molecule has 2 aromatic rings. The van der Waals surface area contributed by atoms with Crippen molar-refractivity contribution in [2.75, 3.05) is 12.3 Å². The standard InChI is InChI=1S/C16H15NO2S/c18-16-17(9-10-20-16)12-13-5-4-8-15(11-13)19-14-6-2-1-3-7-14/h1-8,11H,9-10,12H2. The van der Waals surface area contributed by atoms with Crippen LogP contribution in [0, 0.1) is 0 Å². The largest absolute Gasteiger partial charge is 0.457 e. The second-order valence-electron chi connectivity index (χ2n) is 4.60. The Bertz CT molecular complexity index is 600. The van der Waals surface area contributed by atoms with Crippen molar-refractivity contribution in [2.45, 2.75) is 6.54 Å². The Kier molecular flexibility index (Phi) is 3.92. The van der Waals surface area contributed by atoms with Crippen LogP contribution in [-0.4, -0.2) is 22.4 Å². The topological polar surface area (TPSA) is 29.5 Å². The first-order chi connectivity index (χ1) is 9.81. The second-order valence-corrected chi connectivity index (χ2v) is 5.64. The molecule has 4 heteroatoms. The van der Waals surface area contributed by atoms with E-state index in [0.717, 1.165) is 29.4 Å². The van der Waals surface area contributed by atoms with Crippen molar-refractivity contribution in [3.8, 4) is 11.5 Å². The van der Waals surface area contributed by atoms with Gasteiger partial charge < -0.3 is 9.64 Å². The molecule has 0 saturated carbocycles. The fourth-order valence-corrected chi connectivity index (χ4v) is 2.95. The number of rotatable bonds is 4. The molecule has 0 radical (unpaired) electrons. The number of para-hydroxylation sites is 1. The number of amides is 1. The van der Waals surface area contributed by atoms with Crippen molar-refractivity contribution < 1.29 is 9.53 Å². The highest BCUT2D eigenvalue weighted by molar-refractivity contribution is 8.13. The number of carbonyl (C=O) groups excluding carboxylic acids is 1. The Balaban J connectivity index is 1.71. The van der Waals surface area contributed by atoms with E-state index in [1.807, 2.05) is 59.5 Å². The van der Waals surface area contributed by atoms with E-state index in [9.17, 15) is 4.79 Å². The summed E-state index contributed by atoms with van der Waals surface area (Å²) in [6.07, 6.45) is 0. The smallest absolute Gasteiger partial charge is 0.282 e. The third-order valence-corrected chi connectivity index (χ3v) is 3.99. The Morgan fingerprint density at radius 1 is 1.05 bits per heavy atom. The molecule has 1 aliphatic heterocycles. The van der Waals surface area contributed by atoms with Crippen LogP contribution in [0.15, 0.2) is 54.6 Å². The molecule has 102 valence electrons. The molecule has 0 unspecified atom stereocenters. The predicted molar refractivity (Wildman–Crippen MR) is 81.2 cm³/mol. The number of thioether (sulfide) groups is 1. The van der Waals surface area contributed by atoms with E-state index in [4.69, 9.17) is 4.74 Å². The zero-order chi connectivity index (χ0) is 13.8. The molecule has 1 fully saturated rings. The van der Waals surface area contributed by atoms with E-state index in [1.54, 1.807) is 0 Å². The molecule has 3 rings (SSSR count). The first-order valence-corrected chi connectivity index (χ1v) is 7.53. The van der Waals surface area contributed by atoms with E-state index in [-0.39, 0.29) is 5.24 Å². The van der Waals surface area contributed by atoms with Gasteiger partial charge in [-0.25, -0.2) is 0 Å². The first kappa shape index (κ1) is 13.1. The minimum absolute atomic E-state index is 0.166. The number of ether oxygens (including phenoxy) is 1. The summed E-state index contributed by atoms with van der Waals surface area (Å²) in [6.45, 7) is 1.48. The number of hydrogen-bond acceptors (Lipinski definition) is 3. The minimum atomic E-state index is 0.166. The van der Waals surface area contributed by atoms with Crippen molar-refractivity contribution in [3.63, 3.8) is 0 Å².